The number of carboxylic acid groups (broad SMARTS) is 1. The quantitative estimate of drug-likeness (QED) is 0.276. The van der Waals surface area contributed by atoms with Gasteiger partial charge in [-0.05, 0) is 68.5 Å². The zero-order valence-electron chi connectivity index (χ0n) is 22.8. The molecule has 0 spiro atoms. The van der Waals surface area contributed by atoms with E-state index in [1.807, 2.05) is 6.08 Å². The van der Waals surface area contributed by atoms with Crippen LogP contribution in [0.15, 0.2) is 70.8 Å². The van der Waals surface area contributed by atoms with Crippen molar-refractivity contribution in [2.45, 2.75) is 32.6 Å². The molecule has 0 bridgehead atoms. The number of ketones is 2. The van der Waals surface area contributed by atoms with Crippen LogP contribution in [0.1, 0.15) is 48.5 Å². The van der Waals surface area contributed by atoms with Gasteiger partial charge in [-0.1, -0.05) is 17.7 Å². The summed E-state index contributed by atoms with van der Waals surface area (Å²) in [5.41, 5.74) is 1.98. The molecule has 3 aliphatic carbocycles. The van der Waals surface area contributed by atoms with Gasteiger partial charge in [-0.2, -0.15) is 0 Å². The zero-order chi connectivity index (χ0) is 30.0. The molecule has 42 heavy (non-hydrogen) atoms. The van der Waals surface area contributed by atoms with E-state index in [9.17, 15) is 39.3 Å². The first kappa shape index (κ1) is 27.2. The number of phenolic OH excluding ortho intramolecular Hbond substituents is 1. The lowest BCUT2D eigenvalue weighted by Crippen LogP contribution is -2.39. The lowest BCUT2D eigenvalue weighted by atomic mass is 9.59. The topological polar surface area (TPSA) is 159 Å². The highest BCUT2D eigenvalue weighted by atomic mass is 16.5. The minimum atomic E-state index is -1.35. The molecule has 0 saturated carbocycles. The van der Waals surface area contributed by atoms with Crippen LogP contribution in [-0.4, -0.2) is 51.3 Å². The van der Waals surface area contributed by atoms with Gasteiger partial charge in [-0.25, -0.2) is 9.69 Å². The molecule has 1 saturated heterocycles. The second kappa shape index (κ2) is 9.83. The molecule has 3 N–H and O–H groups in total. The van der Waals surface area contributed by atoms with E-state index in [-0.39, 0.29) is 47.2 Å². The number of carbonyl (C=O) groups excluding carboxylic acids is 4. The van der Waals surface area contributed by atoms with Crippen molar-refractivity contribution >= 4 is 35.0 Å². The molecule has 1 fully saturated rings. The SMILES string of the molecule is CCOc1cc([C@H]2C3=CC[C@@H]4C(=O)N(c5ccc(C(=O)O)c(O)c5)C(=O)[C@@H]4[C@@H]3CC3=C2C(=O)C(C)=CC3=O)ccc1O. The van der Waals surface area contributed by atoms with Crippen LogP contribution in [0.2, 0.25) is 0 Å². The van der Waals surface area contributed by atoms with E-state index in [1.165, 1.54) is 18.2 Å². The number of phenols is 2. The normalized spacial score (nSPS) is 25.0. The van der Waals surface area contributed by atoms with Gasteiger partial charge in [-0.3, -0.25) is 19.2 Å². The summed E-state index contributed by atoms with van der Waals surface area (Å²) in [5, 5.41) is 29.8. The Morgan fingerprint density at radius 2 is 1.76 bits per heavy atom. The molecule has 2 amide bonds. The fourth-order valence-electron chi connectivity index (χ4n) is 6.82. The van der Waals surface area contributed by atoms with E-state index in [2.05, 4.69) is 0 Å². The summed E-state index contributed by atoms with van der Waals surface area (Å²) < 4.78 is 5.59. The van der Waals surface area contributed by atoms with Crippen LogP contribution in [0, 0.1) is 17.8 Å². The van der Waals surface area contributed by atoms with E-state index in [0.29, 0.717) is 28.9 Å². The number of anilines is 1. The molecule has 214 valence electrons. The van der Waals surface area contributed by atoms with Gasteiger partial charge in [0.25, 0.3) is 0 Å². The van der Waals surface area contributed by atoms with Crippen molar-refractivity contribution in [1.29, 1.82) is 0 Å². The summed E-state index contributed by atoms with van der Waals surface area (Å²) in [6, 6.07) is 8.28. The molecular weight excluding hydrogens is 542 g/mol. The summed E-state index contributed by atoms with van der Waals surface area (Å²) in [7, 11) is 0. The van der Waals surface area contributed by atoms with Crippen LogP contribution in [0.3, 0.4) is 0 Å². The summed E-state index contributed by atoms with van der Waals surface area (Å²) in [4.78, 5) is 66.7. The largest absolute Gasteiger partial charge is 0.507 e. The van der Waals surface area contributed by atoms with Crippen molar-refractivity contribution in [3.05, 3.63) is 82.0 Å². The van der Waals surface area contributed by atoms with Gasteiger partial charge in [0, 0.05) is 28.7 Å². The lowest BCUT2D eigenvalue weighted by Gasteiger charge is -2.42. The summed E-state index contributed by atoms with van der Waals surface area (Å²) in [6.45, 7) is 3.65. The van der Waals surface area contributed by atoms with Gasteiger partial charge >= 0.3 is 5.97 Å². The maximum atomic E-state index is 14.0. The number of Topliss-reactive ketones (excluding diaryl/α,β-unsaturated/α-hetero) is 1. The number of benzene rings is 2. The summed E-state index contributed by atoms with van der Waals surface area (Å²) >= 11 is 0. The fraction of sp³-hybridized carbons (Fsp3) is 0.281. The number of fused-ring (bicyclic) bond motifs is 3. The van der Waals surface area contributed by atoms with Crippen molar-refractivity contribution in [1.82, 2.24) is 0 Å². The first-order valence-electron chi connectivity index (χ1n) is 13.6. The van der Waals surface area contributed by atoms with E-state index in [4.69, 9.17) is 4.74 Å². The molecule has 1 aliphatic heterocycles. The number of aromatic hydroxyl groups is 2. The van der Waals surface area contributed by atoms with Gasteiger partial charge in [0.05, 0.1) is 24.1 Å². The minimum absolute atomic E-state index is 0.0538. The molecule has 4 aliphatic rings. The molecule has 4 atom stereocenters. The zero-order valence-corrected chi connectivity index (χ0v) is 22.8. The van der Waals surface area contributed by atoms with Crippen LogP contribution in [0.5, 0.6) is 17.2 Å². The number of imide groups is 1. The van der Waals surface area contributed by atoms with Gasteiger partial charge in [0.2, 0.25) is 11.8 Å². The first-order chi connectivity index (χ1) is 20.0. The van der Waals surface area contributed by atoms with Crippen molar-refractivity contribution in [2.24, 2.45) is 17.8 Å². The van der Waals surface area contributed by atoms with Gasteiger partial charge in [-0.15, -0.1) is 0 Å². The average Bonchev–Trinajstić information content (AvgIpc) is 3.21. The van der Waals surface area contributed by atoms with Crippen molar-refractivity contribution in [2.75, 3.05) is 11.5 Å². The predicted octanol–water partition coefficient (Wildman–Crippen LogP) is 3.83. The molecule has 10 nitrogen and oxygen atoms in total. The highest BCUT2D eigenvalue weighted by Crippen LogP contribution is 2.56. The van der Waals surface area contributed by atoms with E-state index >= 15 is 0 Å². The van der Waals surface area contributed by atoms with Gasteiger partial charge in [0.15, 0.2) is 23.1 Å². The summed E-state index contributed by atoms with van der Waals surface area (Å²) in [5.74, 6) is -6.23. The van der Waals surface area contributed by atoms with Crippen LogP contribution < -0.4 is 9.64 Å². The van der Waals surface area contributed by atoms with Crippen molar-refractivity contribution < 1.29 is 44.0 Å². The van der Waals surface area contributed by atoms with Crippen LogP contribution in [0.25, 0.3) is 0 Å². The number of allylic oxidation sites excluding steroid dienone is 6. The predicted molar refractivity (Wildman–Crippen MR) is 148 cm³/mol. The molecule has 2 aromatic carbocycles. The Hall–Kier alpha value is -4.99. The molecule has 1 heterocycles. The number of carbonyl (C=O) groups is 5. The average molecular weight is 570 g/mol. The Bertz CT molecular complexity index is 1710. The van der Waals surface area contributed by atoms with Crippen molar-refractivity contribution in [3.63, 3.8) is 0 Å². The Morgan fingerprint density at radius 1 is 1.00 bits per heavy atom. The smallest absolute Gasteiger partial charge is 0.339 e. The second-order valence-electron chi connectivity index (χ2n) is 10.9. The molecule has 0 aromatic heterocycles. The number of rotatable bonds is 5. The Kier molecular flexibility index (Phi) is 6.36. The lowest BCUT2D eigenvalue weighted by molar-refractivity contribution is -0.123. The fourth-order valence-corrected chi connectivity index (χ4v) is 6.82. The number of ether oxygens (including phenoxy) is 1. The monoisotopic (exact) mass is 569 g/mol. The molecule has 0 unspecified atom stereocenters. The molecule has 0 radical (unpaired) electrons. The minimum Gasteiger partial charge on any atom is -0.507 e. The van der Waals surface area contributed by atoms with E-state index in [1.54, 1.807) is 26.0 Å². The number of hydrogen-bond acceptors (Lipinski definition) is 8. The standard InChI is InChI=1S/C32H27NO9/c1-3-42-25-11-15(4-9-22(25)34)26-17-7-8-19-27(20(17)13-21-23(35)10-14(2)29(37)28(21)26)31(39)33(30(19)38)16-5-6-18(32(40)41)24(36)12-16/h4-7,9-12,19-20,26-27,34,36H,3,8,13H2,1-2H3,(H,40,41)/t19-,20+,26-,27-/m0/s1. The second-order valence-corrected chi connectivity index (χ2v) is 10.9. The van der Waals surface area contributed by atoms with Crippen molar-refractivity contribution in [3.8, 4) is 17.2 Å². The van der Waals surface area contributed by atoms with Gasteiger partial charge < -0.3 is 20.1 Å². The number of aromatic carboxylic acids is 1. The third-order valence-electron chi connectivity index (χ3n) is 8.65. The van der Waals surface area contributed by atoms with Crippen LogP contribution >= 0.6 is 0 Å². The number of hydrogen-bond donors (Lipinski definition) is 3. The van der Waals surface area contributed by atoms with Crippen LogP contribution in [-0.2, 0) is 19.2 Å². The number of carboxylic acids is 1. The highest BCUT2D eigenvalue weighted by Gasteiger charge is 2.56. The van der Waals surface area contributed by atoms with Crippen LogP contribution in [0.4, 0.5) is 5.69 Å². The third-order valence-corrected chi connectivity index (χ3v) is 8.65. The highest BCUT2D eigenvalue weighted by molar-refractivity contribution is 6.25. The number of nitrogens with zero attached hydrogens (tertiary/aromatic N) is 1. The van der Waals surface area contributed by atoms with E-state index < -0.39 is 47.2 Å². The first-order valence-corrected chi connectivity index (χ1v) is 13.6. The summed E-state index contributed by atoms with van der Waals surface area (Å²) in [6.07, 6.45) is 3.48. The maximum Gasteiger partial charge on any atom is 0.339 e. The molecular formula is C32H27NO9. The van der Waals surface area contributed by atoms with E-state index in [0.717, 1.165) is 22.6 Å². The maximum absolute atomic E-state index is 14.0. The molecule has 2 aromatic rings. The number of amides is 2. The van der Waals surface area contributed by atoms with Gasteiger partial charge in [0.1, 0.15) is 11.3 Å². The molecule has 6 rings (SSSR count). The Balaban J connectivity index is 1.46. The Morgan fingerprint density at radius 3 is 2.45 bits per heavy atom. The third kappa shape index (κ3) is 3.97. The molecule has 10 heteroatoms. The Labute approximate surface area is 240 Å².